The molecule has 2 heterocycles. The Bertz CT molecular complexity index is 430. The monoisotopic (exact) mass is 265 g/mol. The van der Waals surface area contributed by atoms with E-state index < -0.39 is 0 Å². The Morgan fingerprint density at radius 3 is 3.17 bits per heavy atom. The van der Waals surface area contributed by atoms with Crippen molar-refractivity contribution in [3.8, 4) is 0 Å². The van der Waals surface area contributed by atoms with E-state index in [1.54, 1.807) is 12.3 Å². The highest BCUT2D eigenvalue weighted by Crippen LogP contribution is 2.24. The Kier molecular flexibility index (Phi) is 4.47. The van der Waals surface area contributed by atoms with Gasteiger partial charge in [0.05, 0.1) is 23.1 Å². The highest BCUT2D eigenvalue weighted by molar-refractivity contribution is 7.99. The highest BCUT2D eigenvalue weighted by Gasteiger charge is 2.16. The maximum Gasteiger partial charge on any atom is 0.253 e. The maximum atomic E-state index is 12.0. The summed E-state index contributed by atoms with van der Waals surface area (Å²) in [6.07, 6.45) is 5.34. The van der Waals surface area contributed by atoms with Gasteiger partial charge in [-0.1, -0.05) is 6.42 Å². The number of carbonyl (C=O) groups is 1. The largest absolute Gasteiger partial charge is 0.397 e. The quantitative estimate of drug-likeness (QED) is 0.877. The SMILES string of the molecule is Cc1ncc(N)cc1C(=O)NCC1CCCCS1. The van der Waals surface area contributed by atoms with Crippen molar-refractivity contribution >= 4 is 23.4 Å². The lowest BCUT2D eigenvalue weighted by molar-refractivity contribution is 0.0952. The van der Waals surface area contributed by atoms with Crippen molar-refractivity contribution < 1.29 is 4.79 Å². The van der Waals surface area contributed by atoms with E-state index in [0.717, 1.165) is 12.2 Å². The summed E-state index contributed by atoms with van der Waals surface area (Å²) in [5.74, 6) is 1.14. The smallest absolute Gasteiger partial charge is 0.253 e. The van der Waals surface area contributed by atoms with Crippen LogP contribution in [0, 0.1) is 6.92 Å². The van der Waals surface area contributed by atoms with E-state index >= 15 is 0 Å². The van der Waals surface area contributed by atoms with Gasteiger partial charge in [0.2, 0.25) is 0 Å². The van der Waals surface area contributed by atoms with Gasteiger partial charge in [-0.05, 0) is 31.6 Å². The molecule has 2 rings (SSSR count). The van der Waals surface area contributed by atoms with Crippen LogP contribution in [0.4, 0.5) is 5.69 Å². The molecule has 1 atom stereocenters. The predicted molar refractivity (Wildman–Crippen MR) is 75.8 cm³/mol. The van der Waals surface area contributed by atoms with Crippen LogP contribution >= 0.6 is 11.8 Å². The number of aromatic nitrogens is 1. The minimum atomic E-state index is -0.0709. The van der Waals surface area contributed by atoms with Gasteiger partial charge in [-0.3, -0.25) is 9.78 Å². The van der Waals surface area contributed by atoms with E-state index in [0.29, 0.717) is 16.5 Å². The molecule has 0 radical (unpaired) electrons. The summed E-state index contributed by atoms with van der Waals surface area (Å²) < 4.78 is 0. The van der Waals surface area contributed by atoms with E-state index in [4.69, 9.17) is 5.73 Å². The molecule has 0 saturated carbocycles. The first-order chi connectivity index (χ1) is 8.66. The summed E-state index contributed by atoms with van der Waals surface area (Å²) in [4.78, 5) is 16.1. The van der Waals surface area contributed by atoms with Crippen molar-refractivity contribution in [2.45, 2.75) is 31.4 Å². The van der Waals surface area contributed by atoms with Crippen LogP contribution in [-0.4, -0.2) is 28.4 Å². The van der Waals surface area contributed by atoms with E-state index in [9.17, 15) is 4.79 Å². The second kappa shape index (κ2) is 6.09. The number of pyridine rings is 1. The molecule has 5 heteroatoms. The number of nitrogens with zero attached hydrogens (tertiary/aromatic N) is 1. The number of anilines is 1. The number of hydrogen-bond acceptors (Lipinski definition) is 4. The number of aryl methyl sites for hydroxylation is 1. The van der Waals surface area contributed by atoms with Gasteiger partial charge in [0.25, 0.3) is 5.91 Å². The molecule has 1 amide bonds. The molecule has 1 aliphatic rings. The zero-order chi connectivity index (χ0) is 13.0. The lowest BCUT2D eigenvalue weighted by Gasteiger charge is -2.21. The molecule has 98 valence electrons. The summed E-state index contributed by atoms with van der Waals surface area (Å²) in [5.41, 5.74) is 7.48. The minimum absolute atomic E-state index is 0.0709. The Hall–Kier alpha value is -1.23. The number of carbonyl (C=O) groups excluding carboxylic acids is 1. The summed E-state index contributed by atoms with van der Waals surface area (Å²) in [6, 6.07) is 1.69. The molecule has 1 unspecified atom stereocenters. The predicted octanol–water partition coefficient (Wildman–Crippen LogP) is 1.99. The molecule has 4 nitrogen and oxygen atoms in total. The molecule has 0 bridgehead atoms. The standard InChI is InChI=1S/C13H19N3OS/c1-9-12(6-10(14)7-15-9)13(17)16-8-11-4-2-3-5-18-11/h6-7,11H,2-5,8,14H2,1H3,(H,16,17). The molecule has 0 spiro atoms. The van der Waals surface area contributed by atoms with Gasteiger partial charge in [0.15, 0.2) is 0 Å². The molecule has 0 aliphatic carbocycles. The molecule has 1 aromatic heterocycles. The van der Waals surface area contributed by atoms with Crippen LogP contribution in [0.25, 0.3) is 0 Å². The van der Waals surface area contributed by atoms with Crippen LogP contribution in [0.15, 0.2) is 12.3 Å². The van der Waals surface area contributed by atoms with Gasteiger partial charge in [-0.2, -0.15) is 11.8 Å². The zero-order valence-corrected chi connectivity index (χ0v) is 11.4. The molecule has 18 heavy (non-hydrogen) atoms. The van der Waals surface area contributed by atoms with Crippen molar-refractivity contribution in [3.63, 3.8) is 0 Å². The van der Waals surface area contributed by atoms with Crippen LogP contribution in [0.5, 0.6) is 0 Å². The van der Waals surface area contributed by atoms with Crippen molar-refractivity contribution in [1.29, 1.82) is 0 Å². The second-order valence-electron chi connectivity index (χ2n) is 4.60. The zero-order valence-electron chi connectivity index (χ0n) is 10.6. The van der Waals surface area contributed by atoms with Crippen molar-refractivity contribution in [2.24, 2.45) is 0 Å². The Labute approximate surface area is 112 Å². The second-order valence-corrected chi connectivity index (χ2v) is 6.01. The number of hydrogen-bond donors (Lipinski definition) is 2. The summed E-state index contributed by atoms with van der Waals surface area (Å²) in [6.45, 7) is 2.56. The number of nitrogens with one attached hydrogen (secondary N) is 1. The summed E-state index contributed by atoms with van der Waals surface area (Å²) in [5, 5.41) is 3.53. The van der Waals surface area contributed by atoms with Crippen molar-refractivity contribution in [2.75, 3.05) is 18.0 Å². The van der Waals surface area contributed by atoms with Gasteiger partial charge in [0, 0.05) is 11.8 Å². The van der Waals surface area contributed by atoms with Gasteiger partial charge in [0.1, 0.15) is 0 Å². The van der Waals surface area contributed by atoms with Crippen LogP contribution in [0.3, 0.4) is 0 Å². The number of amides is 1. The van der Waals surface area contributed by atoms with Gasteiger partial charge >= 0.3 is 0 Å². The average molecular weight is 265 g/mol. The minimum Gasteiger partial charge on any atom is -0.397 e. The molecule has 0 aromatic carbocycles. The summed E-state index contributed by atoms with van der Waals surface area (Å²) >= 11 is 1.95. The van der Waals surface area contributed by atoms with Gasteiger partial charge in [-0.25, -0.2) is 0 Å². The molecular formula is C13H19N3OS. The van der Waals surface area contributed by atoms with Crippen LogP contribution in [0.1, 0.15) is 35.3 Å². The fraction of sp³-hybridized carbons (Fsp3) is 0.538. The topological polar surface area (TPSA) is 68.0 Å². The average Bonchev–Trinajstić information content (AvgIpc) is 2.40. The van der Waals surface area contributed by atoms with Crippen molar-refractivity contribution in [3.05, 3.63) is 23.5 Å². The first kappa shape index (κ1) is 13.2. The summed E-state index contributed by atoms with van der Waals surface area (Å²) in [7, 11) is 0. The first-order valence-corrected chi connectivity index (χ1v) is 7.33. The van der Waals surface area contributed by atoms with E-state index in [1.165, 1.54) is 25.0 Å². The van der Waals surface area contributed by atoms with Gasteiger partial charge < -0.3 is 11.1 Å². The molecule has 1 saturated heterocycles. The van der Waals surface area contributed by atoms with Crippen molar-refractivity contribution in [1.82, 2.24) is 10.3 Å². The first-order valence-electron chi connectivity index (χ1n) is 6.29. The Morgan fingerprint density at radius 1 is 1.61 bits per heavy atom. The van der Waals surface area contributed by atoms with Crippen LogP contribution in [-0.2, 0) is 0 Å². The van der Waals surface area contributed by atoms with Gasteiger partial charge in [-0.15, -0.1) is 0 Å². The molecule has 1 aromatic rings. The Balaban J connectivity index is 1.92. The fourth-order valence-electron chi connectivity index (χ4n) is 2.05. The number of rotatable bonds is 3. The lowest BCUT2D eigenvalue weighted by Crippen LogP contribution is -2.32. The third-order valence-corrected chi connectivity index (χ3v) is 4.52. The molecule has 3 N–H and O–H groups in total. The number of nitrogens with two attached hydrogens (primary N) is 1. The van der Waals surface area contributed by atoms with E-state index in [2.05, 4.69) is 10.3 Å². The van der Waals surface area contributed by atoms with E-state index in [-0.39, 0.29) is 5.91 Å². The number of nitrogen functional groups attached to an aromatic ring is 1. The van der Waals surface area contributed by atoms with E-state index in [1.807, 2.05) is 18.7 Å². The number of thioether (sulfide) groups is 1. The molecule has 1 fully saturated rings. The maximum absolute atomic E-state index is 12.0. The Morgan fingerprint density at radius 2 is 2.44 bits per heavy atom. The molecule has 1 aliphatic heterocycles. The normalized spacial score (nSPS) is 19.5. The fourth-order valence-corrected chi connectivity index (χ4v) is 3.29. The van der Waals surface area contributed by atoms with Crippen LogP contribution in [0.2, 0.25) is 0 Å². The lowest BCUT2D eigenvalue weighted by atomic mass is 10.1. The third-order valence-electron chi connectivity index (χ3n) is 3.12. The van der Waals surface area contributed by atoms with Crippen LogP contribution < -0.4 is 11.1 Å². The third kappa shape index (κ3) is 3.38. The highest BCUT2D eigenvalue weighted by atomic mass is 32.2. The molecular weight excluding hydrogens is 246 g/mol.